The number of ether oxygens (including phenoxy) is 1. The predicted octanol–water partition coefficient (Wildman–Crippen LogP) is 3.15. The summed E-state index contributed by atoms with van der Waals surface area (Å²) in [5.74, 6) is -0.174. The minimum Gasteiger partial charge on any atom is -0.379 e. The number of hydrogen-bond donors (Lipinski definition) is 1. The highest BCUT2D eigenvalue weighted by molar-refractivity contribution is 5.90. The topological polar surface area (TPSA) is 41.6 Å². The van der Waals surface area contributed by atoms with E-state index in [-0.39, 0.29) is 5.91 Å². The standard InChI is InChI=1S/C16H21F3N2O2/c17-16(18,19)13-4-6-14(7-5-13)20-15(22)3-1-2-8-21-9-11-23-12-10-21/h4-7H,1-3,8-12H2,(H,20,22). The molecule has 0 bridgehead atoms. The van der Waals surface area contributed by atoms with Gasteiger partial charge in [-0.1, -0.05) is 0 Å². The normalized spacial score (nSPS) is 16.3. The molecule has 1 saturated heterocycles. The molecule has 4 nitrogen and oxygen atoms in total. The van der Waals surface area contributed by atoms with Crippen molar-refractivity contribution in [3.05, 3.63) is 29.8 Å². The number of amides is 1. The van der Waals surface area contributed by atoms with Crippen molar-refractivity contribution in [3.63, 3.8) is 0 Å². The molecule has 1 fully saturated rings. The van der Waals surface area contributed by atoms with Crippen LogP contribution in [0.25, 0.3) is 0 Å². The summed E-state index contributed by atoms with van der Waals surface area (Å²) in [4.78, 5) is 14.1. The Bertz CT molecular complexity index is 497. The van der Waals surface area contributed by atoms with Crippen LogP contribution < -0.4 is 5.32 Å². The van der Waals surface area contributed by atoms with Gasteiger partial charge in [0.25, 0.3) is 0 Å². The lowest BCUT2D eigenvalue weighted by Crippen LogP contribution is -2.36. The van der Waals surface area contributed by atoms with Crippen LogP contribution in [-0.2, 0) is 15.7 Å². The zero-order valence-electron chi connectivity index (χ0n) is 12.9. The van der Waals surface area contributed by atoms with E-state index in [9.17, 15) is 18.0 Å². The number of halogens is 3. The Kier molecular flexibility index (Phi) is 6.41. The number of unbranched alkanes of at least 4 members (excludes halogenated alkanes) is 1. The van der Waals surface area contributed by atoms with Crippen LogP contribution in [-0.4, -0.2) is 43.7 Å². The van der Waals surface area contributed by atoms with Crippen molar-refractivity contribution in [1.29, 1.82) is 0 Å². The maximum absolute atomic E-state index is 12.4. The van der Waals surface area contributed by atoms with Crippen LogP contribution in [0.4, 0.5) is 18.9 Å². The maximum Gasteiger partial charge on any atom is 0.416 e. The van der Waals surface area contributed by atoms with E-state index in [0.717, 1.165) is 57.8 Å². The molecule has 1 aromatic rings. The van der Waals surface area contributed by atoms with E-state index < -0.39 is 11.7 Å². The van der Waals surface area contributed by atoms with E-state index in [2.05, 4.69) is 10.2 Å². The third-order valence-electron chi connectivity index (χ3n) is 3.73. The number of carbonyl (C=O) groups is 1. The third-order valence-corrected chi connectivity index (χ3v) is 3.73. The molecule has 0 saturated carbocycles. The van der Waals surface area contributed by atoms with Crippen LogP contribution in [0.3, 0.4) is 0 Å². The Balaban J connectivity index is 1.66. The molecule has 0 aromatic heterocycles. The number of hydrogen-bond acceptors (Lipinski definition) is 3. The summed E-state index contributed by atoms with van der Waals surface area (Å²) < 4.78 is 42.6. The van der Waals surface area contributed by atoms with Crippen molar-refractivity contribution in [1.82, 2.24) is 4.90 Å². The first-order valence-electron chi connectivity index (χ1n) is 7.72. The average molecular weight is 330 g/mol. The fraction of sp³-hybridized carbons (Fsp3) is 0.562. The monoisotopic (exact) mass is 330 g/mol. The van der Waals surface area contributed by atoms with Crippen LogP contribution >= 0.6 is 0 Å². The summed E-state index contributed by atoms with van der Waals surface area (Å²) in [5, 5.41) is 2.62. The summed E-state index contributed by atoms with van der Waals surface area (Å²) in [5.41, 5.74) is -0.336. The summed E-state index contributed by atoms with van der Waals surface area (Å²) in [6.45, 7) is 4.31. The Labute approximate surface area is 133 Å². The summed E-state index contributed by atoms with van der Waals surface area (Å²) in [6.07, 6.45) is -2.32. The van der Waals surface area contributed by atoms with Gasteiger partial charge in [0.15, 0.2) is 0 Å². The molecule has 1 aromatic carbocycles. The molecule has 0 radical (unpaired) electrons. The molecule has 1 aliphatic rings. The molecule has 7 heteroatoms. The maximum atomic E-state index is 12.4. The van der Waals surface area contributed by atoms with Crippen LogP contribution in [0.2, 0.25) is 0 Å². The van der Waals surface area contributed by atoms with Gasteiger partial charge in [-0.05, 0) is 43.7 Å². The number of rotatable bonds is 6. The lowest BCUT2D eigenvalue weighted by atomic mass is 10.2. The van der Waals surface area contributed by atoms with E-state index in [1.165, 1.54) is 12.1 Å². The molecule has 1 aliphatic heterocycles. The Hall–Kier alpha value is -1.60. The van der Waals surface area contributed by atoms with Crippen LogP contribution in [0.5, 0.6) is 0 Å². The van der Waals surface area contributed by atoms with E-state index in [1.807, 2.05) is 0 Å². The number of nitrogens with zero attached hydrogens (tertiary/aromatic N) is 1. The summed E-state index contributed by atoms with van der Waals surface area (Å²) >= 11 is 0. The van der Waals surface area contributed by atoms with Crippen molar-refractivity contribution >= 4 is 11.6 Å². The smallest absolute Gasteiger partial charge is 0.379 e. The SMILES string of the molecule is O=C(CCCCN1CCOCC1)Nc1ccc(C(F)(F)F)cc1. The average Bonchev–Trinajstić information content (AvgIpc) is 2.52. The van der Waals surface area contributed by atoms with Gasteiger partial charge in [-0.15, -0.1) is 0 Å². The number of morpholine rings is 1. The molecule has 0 atom stereocenters. The molecule has 2 rings (SSSR count). The Morgan fingerprint density at radius 2 is 1.78 bits per heavy atom. The predicted molar refractivity (Wildman–Crippen MR) is 81.2 cm³/mol. The molecule has 23 heavy (non-hydrogen) atoms. The molecule has 0 spiro atoms. The van der Waals surface area contributed by atoms with Crippen LogP contribution in [0, 0.1) is 0 Å². The first-order valence-corrected chi connectivity index (χ1v) is 7.72. The number of benzene rings is 1. The molecule has 1 heterocycles. The van der Waals surface area contributed by atoms with Gasteiger partial charge in [0.2, 0.25) is 5.91 Å². The zero-order chi connectivity index (χ0) is 16.7. The second-order valence-corrected chi connectivity index (χ2v) is 5.53. The molecule has 0 unspecified atom stereocenters. The number of nitrogens with one attached hydrogen (secondary N) is 1. The van der Waals surface area contributed by atoms with E-state index in [4.69, 9.17) is 4.74 Å². The highest BCUT2D eigenvalue weighted by atomic mass is 19.4. The minimum absolute atomic E-state index is 0.174. The van der Waals surface area contributed by atoms with Crippen LogP contribution in [0.15, 0.2) is 24.3 Å². The van der Waals surface area contributed by atoms with Gasteiger partial charge in [-0.25, -0.2) is 0 Å². The lowest BCUT2D eigenvalue weighted by Gasteiger charge is -2.26. The second kappa shape index (κ2) is 8.31. The molecule has 128 valence electrons. The van der Waals surface area contributed by atoms with Gasteiger partial charge in [0.05, 0.1) is 18.8 Å². The van der Waals surface area contributed by atoms with Crippen molar-refractivity contribution in [2.24, 2.45) is 0 Å². The van der Waals surface area contributed by atoms with Gasteiger partial charge >= 0.3 is 6.18 Å². The quantitative estimate of drug-likeness (QED) is 0.815. The Morgan fingerprint density at radius 1 is 1.13 bits per heavy atom. The van der Waals surface area contributed by atoms with Gasteiger partial charge in [0, 0.05) is 25.2 Å². The van der Waals surface area contributed by atoms with Gasteiger partial charge < -0.3 is 10.1 Å². The highest BCUT2D eigenvalue weighted by Gasteiger charge is 2.29. The number of carbonyl (C=O) groups excluding carboxylic acids is 1. The zero-order valence-corrected chi connectivity index (χ0v) is 12.9. The first kappa shape index (κ1) is 17.7. The minimum atomic E-state index is -4.36. The number of alkyl halides is 3. The van der Waals surface area contributed by atoms with E-state index >= 15 is 0 Å². The van der Waals surface area contributed by atoms with Gasteiger partial charge in [0.1, 0.15) is 0 Å². The summed E-state index contributed by atoms with van der Waals surface area (Å²) in [7, 11) is 0. The molecule has 0 aliphatic carbocycles. The molecular weight excluding hydrogens is 309 g/mol. The van der Waals surface area contributed by atoms with Crippen molar-refractivity contribution in [2.45, 2.75) is 25.4 Å². The van der Waals surface area contributed by atoms with Crippen LogP contribution in [0.1, 0.15) is 24.8 Å². The van der Waals surface area contributed by atoms with Crippen molar-refractivity contribution < 1.29 is 22.7 Å². The fourth-order valence-corrected chi connectivity index (χ4v) is 2.41. The third kappa shape index (κ3) is 6.19. The largest absolute Gasteiger partial charge is 0.416 e. The van der Waals surface area contributed by atoms with Gasteiger partial charge in [-0.3, -0.25) is 9.69 Å². The lowest BCUT2D eigenvalue weighted by molar-refractivity contribution is -0.137. The first-order chi connectivity index (χ1) is 10.9. The number of anilines is 1. The highest BCUT2D eigenvalue weighted by Crippen LogP contribution is 2.29. The second-order valence-electron chi connectivity index (χ2n) is 5.53. The van der Waals surface area contributed by atoms with Crippen molar-refractivity contribution in [2.75, 3.05) is 38.2 Å². The van der Waals surface area contributed by atoms with E-state index in [0.29, 0.717) is 12.1 Å². The fourth-order valence-electron chi connectivity index (χ4n) is 2.41. The molecule has 1 amide bonds. The van der Waals surface area contributed by atoms with E-state index in [1.54, 1.807) is 0 Å². The van der Waals surface area contributed by atoms with Gasteiger partial charge in [-0.2, -0.15) is 13.2 Å². The molecular formula is C16H21F3N2O2. The summed E-state index contributed by atoms with van der Waals surface area (Å²) in [6, 6.07) is 4.48. The molecule has 1 N–H and O–H groups in total. The van der Waals surface area contributed by atoms with Crippen molar-refractivity contribution in [3.8, 4) is 0 Å². The Morgan fingerprint density at radius 3 is 2.39 bits per heavy atom.